The highest BCUT2D eigenvalue weighted by Gasteiger charge is 2.11. The van der Waals surface area contributed by atoms with Gasteiger partial charge in [-0.1, -0.05) is 6.07 Å². The van der Waals surface area contributed by atoms with E-state index in [4.69, 9.17) is 5.26 Å². The molecule has 0 bridgehead atoms. The first kappa shape index (κ1) is 9.08. The molecule has 0 spiro atoms. The molecule has 1 aromatic rings. The van der Waals surface area contributed by atoms with Gasteiger partial charge >= 0.3 is 0 Å². The van der Waals surface area contributed by atoms with Crippen molar-refractivity contribution in [1.82, 2.24) is 0 Å². The Kier molecular flexibility index (Phi) is 2.41. The number of rotatable bonds is 2. The Morgan fingerprint density at radius 2 is 2.14 bits per heavy atom. The molecule has 0 saturated heterocycles. The molecule has 1 N–H and O–H groups in total. The predicted octanol–water partition coefficient (Wildman–Crippen LogP) is 2.50. The largest absolute Gasteiger partial charge is 0.370 e. The van der Waals surface area contributed by atoms with Crippen molar-refractivity contribution in [3.05, 3.63) is 29.3 Å². The van der Waals surface area contributed by atoms with Gasteiger partial charge < -0.3 is 5.32 Å². The lowest BCUT2D eigenvalue weighted by molar-refractivity contribution is 0.911. The van der Waals surface area contributed by atoms with E-state index in [1.54, 1.807) is 0 Å². The molecular weight excluding hydrogens is 172 g/mol. The monoisotopic (exact) mass is 186 g/mol. The second-order valence-electron chi connectivity index (χ2n) is 3.83. The number of fused-ring (bicyclic) bond motifs is 1. The minimum absolute atomic E-state index is 0.116. The molecule has 2 heteroatoms. The van der Waals surface area contributed by atoms with Crippen molar-refractivity contribution >= 4 is 5.69 Å². The second kappa shape index (κ2) is 3.71. The molecule has 1 atom stereocenters. The van der Waals surface area contributed by atoms with Crippen LogP contribution in [0, 0.1) is 11.3 Å². The summed E-state index contributed by atoms with van der Waals surface area (Å²) in [6, 6.07) is 8.47. The zero-order chi connectivity index (χ0) is 9.97. The van der Waals surface area contributed by atoms with E-state index in [0.717, 1.165) is 5.69 Å². The van der Waals surface area contributed by atoms with Crippen molar-refractivity contribution in [2.45, 2.75) is 32.2 Å². The van der Waals surface area contributed by atoms with Crippen LogP contribution in [-0.4, -0.2) is 6.04 Å². The molecule has 0 aromatic heterocycles. The minimum Gasteiger partial charge on any atom is -0.370 e. The van der Waals surface area contributed by atoms with E-state index in [1.165, 1.54) is 30.4 Å². The van der Waals surface area contributed by atoms with Gasteiger partial charge in [0.25, 0.3) is 0 Å². The molecule has 0 aliphatic heterocycles. The van der Waals surface area contributed by atoms with Crippen LogP contribution < -0.4 is 5.32 Å². The summed E-state index contributed by atoms with van der Waals surface area (Å²) in [5.74, 6) is 0. The predicted molar refractivity (Wildman–Crippen MR) is 57.2 cm³/mol. The molecule has 1 aliphatic carbocycles. The van der Waals surface area contributed by atoms with Gasteiger partial charge in [-0.05, 0) is 49.4 Å². The normalized spacial score (nSPS) is 15.7. The molecule has 1 aromatic carbocycles. The van der Waals surface area contributed by atoms with E-state index >= 15 is 0 Å². The van der Waals surface area contributed by atoms with Crippen LogP contribution in [0.3, 0.4) is 0 Å². The third-order valence-corrected chi connectivity index (χ3v) is 2.68. The number of hydrogen-bond donors (Lipinski definition) is 1. The highest BCUT2D eigenvalue weighted by Crippen LogP contribution is 2.24. The first-order valence-electron chi connectivity index (χ1n) is 5.07. The van der Waals surface area contributed by atoms with Crippen LogP contribution in [0.5, 0.6) is 0 Å². The maximum atomic E-state index is 8.68. The van der Waals surface area contributed by atoms with Gasteiger partial charge in [0, 0.05) is 5.69 Å². The summed E-state index contributed by atoms with van der Waals surface area (Å²) >= 11 is 0. The van der Waals surface area contributed by atoms with E-state index in [1.807, 2.05) is 6.92 Å². The van der Waals surface area contributed by atoms with Crippen LogP contribution in [0.25, 0.3) is 0 Å². The SMILES string of the molecule is CC(C#N)Nc1ccc2c(c1)CCC2. The maximum absolute atomic E-state index is 8.68. The van der Waals surface area contributed by atoms with Gasteiger partial charge in [-0.25, -0.2) is 0 Å². The van der Waals surface area contributed by atoms with E-state index in [-0.39, 0.29) is 6.04 Å². The van der Waals surface area contributed by atoms with Gasteiger partial charge in [-0.2, -0.15) is 5.26 Å². The molecule has 1 unspecified atom stereocenters. The first-order valence-corrected chi connectivity index (χ1v) is 5.07. The Morgan fingerprint density at radius 1 is 1.36 bits per heavy atom. The van der Waals surface area contributed by atoms with Crippen molar-refractivity contribution in [3.8, 4) is 6.07 Å². The fourth-order valence-corrected chi connectivity index (χ4v) is 1.94. The van der Waals surface area contributed by atoms with Crippen LogP contribution in [0.15, 0.2) is 18.2 Å². The summed E-state index contributed by atoms with van der Waals surface area (Å²) in [4.78, 5) is 0. The molecule has 0 fully saturated rings. The van der Waals surface area contributed by atoms with Gasteiger partial charge in [-0.15, -0.1) is 0 Å². The van der Waals surface area contributed by atoms with Gasteiger partial charge in [0.05, 0.1) is 6.07 Å². The molecule has 14 heavy (non-hydrogen) atoms. The fourth-order valence-electron chi connectivity index (χ4n) is 1.94. The topological polar surface area (TPSA) is 35.8 Å². The summed E-state index contributed by atoms with van der Waals surface area (Å²) in [5, 5.41) is 11.8. The Labute approximate surface area is 84.6 Å². The van der Waals surface area contributed by atoms with E-state index in [2.05, 4.69) is 29.6 Å². The number of nitrogens with one attached hydrogen (secondary N) is 1. The lowest BCUT2D eigenvalue weighted by Gasteiger charge is -2.09. The average Bonchev–Trinajstić information content (AvgIpc) is 2.64. The van der Waals surface area contributed by atoms with Gasteiger partial charge in [0.1, 0.15) is 6.04 Å². The van der Waals surface area contributed by atoms with E-state index in [0.29, 0.717) is 0 Å². The molecule has 0 heterocycles. The van der Waals surface area contributed by atoms with Crippen molar-refractivity contribution in [3.63, 3.8) is 0 Å². The van der Waals surface area contributed by atoms with Gasteiger partial charge in [-0.3, -0.25) is 0 Å². The van der Waals surface area contributed by atoms with Crippen LogP contribution in [0.1, 0.15) is 24.5 Å². The zero-order valence-electron chi connectivity index (χ0n) is 8.38. The van der Waals surface area contributed by atoms with Crippen LogP contribution in [0.2, 0.25) is 0 Å². The van der Waals surface area contributed by atoms with Crippen LogP contribution in [-0.2, 0) is 12.8 Å². The summed E-state index contributed by atoms with van der Waals surface area (Å²) < 4.78 is 0. The van der Waals surface area contributed by atoms with Gasteiger partial charge in [0.15, 0.2) is 0 Å². The van der Waals surface area contributed by atoms with Crippen molar-refractivity contribution in [2.75, 3.05) is 5.32 Å². The standard InChI is InChI=1S/C12H14N2/c1-9(8-13)14-12-6-5-10-3-2-4-11(10)7-12/h5-7,9,14H,2-4H2,1H3. The fraction of sp³-hybridized carbons (Fsp3) is 0.417. The molecule has 0 amide bonds. The molecule has 2 nitrogen and oxygen atoms in total. The molecule has 1 aliphatic rings. The summed E-state index contributed by atoms with van der Waals surface area (Å²) in [6.07, 6.45) is 3.67. The number of anilines is 1. The van der Waals surface area contributed by atoms with E-state index in [9.17, 15) is 0 Å². The maximum Gasteiger partial charge on any atom is 0.111 e. The molecular formula is C12H14N2. The van der Waals surface area contributed by atoms with Gasteiger partial charge in [0.2, 0.25) is 0 Å². The lowest BCUT2D eigenvalue weighted by atomic mass is 10.1. The van der Waals surface area contributed by atoms with Crippen LogP contribution >= 0.6 is 0 Å². The smallest absolute Gasteiger partial charge is 0.111 e. The summed E-state index contributed by atoms with van der Waals surface area (Å²) in [5.41, 5.74) is 3.99. The molecule has 2 rings (SSSR count). The number of nitrogens with zero attached hydrogens (tertiary/aromatic N) is 1. The third-order valence-electron chi connectivity index (χ3n) is 2.68. The third kappa shape index (κ3) is 1.72. The Morgan fingerprint density at radius 3 is 2.93 bits per heavy atom. The van der Waals surface area contributed by atoms with Crippen LogP contribution in [0.4, 0.5) is 5.69 Å². The number of nitriles is 1. The molecule has 72 valence electrons. The van der Waals surface area contributed by atoms with E-state index < -0.39 is 0 Å². The average molecular weight is 186 g/mol. The summed E-state index contributed by atoms with van der Waals surface area (Å²) in [7, 11) is 0. The van der Waals surface area contributed by atoms with Crippen molar-refractivity contribution in [1.29, 1.82) is 5.26 Å². The Balaban J connectivity index is 2.17. The minimum atomic E-state index is -0.116. The Hall–Kier alpha value is -1.49. The zero-order valence-corrected chi connectivity index (χ0v) is 8.38. The quantitative estimate of drug-likeness (QED) is 0.770. The highest BCUT2D eigenvalue weighted by atomic mass is 14.9. The lowest BCUT2D eigenvalue weighted by Crippen LogP contribution is -2.11. The Bertz CT molecular complexity index is 376. The number of benzene rings is 1. The summed E-state index contributed by atoms with van der Waals surface area (Å²) in [6.45, 7) is 1.87. The highest BCUT2D eigenvalue weighted by molar-refractivity contribution is 5.51. The number of hydrogen-bond acceptors (Lipinski definition) is 2. The van der Waals surface area contributed by atoms with Crippen molar-refractivity contribution < 1.29 is 0 Å². The molecule has 0 radical (unpaired) electrons. The number of aryl methyl sites for hydroxylation is 2. The van der Waals surface area contributed by atoms with Crippen molar-refractivity contribution in [2.24, 2.45) is 0 Å². The molecule has 0 saturated carbocycles. The second-order valence-corrected chi connectivity index (χ2v) is 3.83. The first-order chi connectivity index (χ1) is 6.79.